The van der Waals surface area contributed by atoms with Crippen molar-refractivity contribution in [2.24, 2.45) is 11.8 Å². The first-order valence-electron chi connectivity index (χ1n) is 8.36. The van der Waals surface area contributed by atoms with Gasteiger partial charge < -0.3 is 10.6 Å². The number of rotatable bonds is 6. The van der Waals surface area contributed by atoms with Gasteiger partial charge in [0.25, 0.3) is 0 Å². The van der Waals surface area contributed by atoms with Crippen molar-refractivity contribution in [1.29, 1.82) is 0 Å². The van der Waals surface area contributed by atoms with E-state index in [0.29, 0.717) is 24.0 Å². The Morgan fingerprint density at radius 1 is 1.38 bits per heavy atom. The molecule has 2 atom stereocenters. The SMILES string of the molecule is Cc1c(CS(C)=O)cccc1NC(=O)CC(C)C1CCNCC1.Cl. The Labute approximate surface area is 154 Å². The lowest BCUT2D eigenvalue weighted by Gasteiger charge is -2.28. The van der Waals surface area contributed by atoms with Gasteiger partial charge >= 0.3 is 0 Å². The minimum absolute atomic E-state index is 0. The third kappa shape index (κ3) is 6.19. The maximum absolute atomic E-state index is 12.4. The minimum atomic E-state index is -0.879. The highest BCUT2D eigenvalue weighted by atomic mass is 35.5. The molecule has 1 fully saturated rings. The lowest BCUT2D eigenvalue weighted by atomic mass is 9.84. The van der Waals surface area contributed by atoms with Crippen molar-refractivity contribution in [3.8, 4) is 0 Å². The number of nitrogens with one attached hydrogen (secondary N) is 2. The Morgan fingerprint density at radius 2 is 2.04 bits per heavy atom. The van der Waals surface area contributed by atoms with Crippen molar-refractivity contribution < 1.29 is 9.00 Å². The third-order valence-electron chi connectivity index (χ3n) is 4.77. The van der Waals surface area contributed by atoms with Gasteiger partial charge in [0.2, 0.25) is 5.91 Å². The van der Waals surface area contributed by atoms with Crippen LogP contribution in [-0.2, 0) is 21.3 Å². The largest absolute Gasteiger partial charge is 0.326 e. The molecule has 6 heteroatoms. The van der Waals surface area contributed by atoms with Crippen molar-refractivity contribution in [3.63, 3.8) is 0 Å². The van der Waals surface area contributed by atoms with Gasteiger partial charge in [-0.2, -0.15) is 0 Å². The molecule has 0 bridgehead atoms. The summed E-state index contributed by atoms with van der Waals surface area (Å²) < 4.78 is 11.4. The molecule has 0 spiro atoms. The van der Waals surface area contributed by atoms with E-state index in [1.54, 1.807) is 6.26 Å². The van der Waals surface area contributed by atoms with E-state index in [4.69, 9.17) is 0 Å². The summed E-state index contributed by atoms with van der Waals surface area (Å²) in [7, 11) is -0.879. The molecule has 2 N–H and O–H groups in total. The van der Waals surface area contributed by atoms with Gasteiger partial charge in [-0.3, -0.25) is 9.00 Å². The topological polar surface area (TPSA) is 58.2 Å². The van der Waals surface area contributed by atoms with Gasteiger partial charge in [0.15, 0.2) is 0 Å². The van der Waals surface area contributed by atoms with Gasteiger partial charge in [-0.15, -0.1) is 12.4 Å². The van der Waals surface area contributed by atoms with Gasteiger partial charge in [0.1, 0.15) is 0 Å². The van der Waals surface area contributed by atoms with Gasteiger partial charge in [-0.1, -0.05) is 19.1 Å². The van der Waals surface area contributed by atoms with E-state index >= 15 is 0 Å². The number of hydrogen-bond donors (Lipinski definition) is 2. The summed E-state index contributed by atoms with van der Waals surface area (Å²) in [6.07, 6.45) is 4.58. The number of carbonyl (C=O) groups is 1. The van der Waals surface area contributed by atoms with E-state index in [1.165, 1.54) is 0 Å². The summed E-state index contributed by atoms with van der Waals surface area (Å²) in [6, 6.07) is 5.82. The zero-order valence-electron chi connectivity index (χ0n) is 14.8. The van der Waals surface area contributed by atoms with E-state index in [2.05, 4.69) is 17.6 Å². The molecule has 0 aromatic heterocycles. The smallest absolute Gasteiger partial charge is 0.224 e. The van der Waals surface area contributed by atoms with Crippen LogP contribution in [0, 0.1) is 18.8 Å². The zero-order chi connectivity index (χ0) is 16.8. The molecule has 2 rings (SSSR count). The van der Waals surface area contributed by atoms with Crippen LogP contribution in [0.1, 0.15) is 37.3 Å². The molecule has 1 aromatic carbocycles. The number of anilines is 1. The fourth-order valence-corrected chi connectivity index (χ4v) is 4.02. The average Bonchev–Trinajstić information content (AvgIpc) is 2.51. The summed E-state index contributed by atoms with van der Waals surface area (Å²) >= 11 is 0. The van der Waals surface area contributed by atoms with Gasteiger partial charge in [-0.05, 0) is 61.9 Å². The molecule has 1 aromatic rings. The highest BCUT2D eigenvalue weighted by Gasteiger charge is 2.22. The predicted molar refractivity (Wildman–Crippen MR) is 104 cm³/mol. The number of hydrogen-bond acceptors (Lipinski definition) is 3. The van der Waals surface area contributed by atoms with Crippen LogP contribution >= 0.6 is 12.4 Å². The van der Waals surface area contributed by atoms with E-state index in [1.807, 2.05) is 25.1 Å². The monoisotopic (exact) mass is 372 g/mol. The van der Waals surface area contributed by atoms with E-state index in [9.17, 15) is 9.00 Å². The average molecular weight is 373 g/mol. The van der Waals surface area contributed by atoms with E-state index in [-0.39, 0.29) is 18.3 Å². The van der Waals surface area contributed by atoms with Crippen LogP contribution in [0.5, 0.6) is 0 Å². The Kier molecular flexibility index (Phi) is 8.95. The summed E-state index contributed by atoms with van der Waals surface area (Å²) in [5.74, 6) is 1.65. The number of amides is 1. The molecule has 0 saturated carbocycles. The molecular formula is C18H29ClN2O2S. The molecule has 24 heavy (non-hydrogen) atoms. The normalized spacial score (nSPS) is 17.6. The molecule has 0 radical (unpaired) electrons. The van der Waals surface area contributed by atoms with Crippen molar-refractivity contribution in [2.45, 2.75) is 38.9 Å². The molecular weight excluding hydrogens is 344 g/mol. The van der Waals surface area contributed by atoms with Crippen LogP contribution in [0.3, 0.4) is 0 Å². The van der Waals surface area contributed by atoms with E-state index < -0.39 is 10.8 Å². The fourth-order valence-electron chi connectivity index (χ4n) is 3.27. The number of carbonyl (C=O) groups excluding carboxylic acids is 1. The third-order valence-corrected chi connectivity index (χ3v) is 5.49. The van der Waals surface area contributed by atoms with Crippen molar-refractivity contribution in [2.75, 3.05) is 24.7 Å². The standard InChI is InChI=1S/C18H28N2O2S.ClH/c1-13(15-7-9-19-10-8-15)11-18(21)20-17-6-4-5-16(14(17)2)12-23(3)22;/h4-6,13,15,19H,7-12H2,1-3H3,(H,20,21);1H. The predicted octanol–water partition coefficient (Wildman–Crippen LogP) is 3.26. The second-order valence-corrected chi connectivity index (χ2v) is 8.06. The van der Waals surface area contributed by atoms with Crippen LogP contribution in [0.25, 0.3) is 0 Å². The molecule has 1 aliphatic heterocycles. The van der Waals surface area contributed by atoms with Crippen LogP contribution in [-0.4, -0.2) is 29.5 Å². The van der Waals surface area contributed by atoms with Crippen molar-refractivity contribution >= 4 is 34.8 Å². The van der Waals surface area contributed by atoms with Gasteiger partial charge in [0, 0.05) is 34.9 Å². The first-order valence-corrected chi connectivity index (χ1v) is 10.1. The summed E-state index contributed by atoms with van der Waals surface area (Å²) in [4.78, 5) is 12.4. The Balaban J connectivity index is 0.00000288. The van der Waals surface area contributed by atoms with Gasteiger partial charge in [-0.25, -0.2) is 0 Å². The summed E-state index contributed by atoms with van der Waals surface area (Å²) in [6.45, 7) is 6.28. The molecule has 4 nitrogen and oxygen atoms in total. The first-order chi connectivity index (χ1) is 11.0. The second-order valence-electron chi connectivity index (χ2n) is 6.62. The number of benzene rings is 1. The second kappa shape index (κ2) is 10.2. The summed E-state index contributed by atoms with van der Waals surface area (Å²) in [5.41, 5.74) is 2.90. The molecule has 1 aliphatic rings. The molecule has 136 valence electrons. The van der Waals surface area contributed by atoms with Crippen LogP contribution < -0.4 is 10.6 Å². The number of piperidine rings is 1. The lowest BCUT2D eigenvalue weighted by Crippen LogP contribution is -2.32. The molecule has 1 saturated heterocycles. The minimum Gasteiger partial charge on any atom is -0.326 e. The Hall–Kier alpha value is -0.910. The highest BCUT2D eigenvalue weighted by molar-refractivity contribution is 7.83. The molecule has 1 amide bonds. The first kappa shape index (κ1) is 21.1. The Morgan fingerprint density at radius 3 is 2.67 bits per heavy atom. The maximum atomic E-state index is 12.4. The molecule has 2 unspecified atom stereocenters. The van der Waals surface area contributed by atoms with Crippen molar-refractivity contribution in [3.05, 3.63) is 29.3 Å². The maximum Gasteiger partial charge on any atom is 0.224 e. The number of halogens is 1. The summed E-state index contributed by atoms with van der Waals surface area (Å²) in [5, 5.41) is 6.41. The van der Waals surface area contributed by atoms with E-state index in [0.717, 1.165) is 42.7 Å². The molecule has 1 heterocycles. The Bertz CT molecular complexity index is 574. The zero-order valence-corrected chi connectivity index (χ0v) is 16.4. The highest BCUT2D eigenvalue weighted by Crippen LogP contribution is 2.25. The van der Waals surface area contributed by atoms with Crippen LogP contribution in [0.4, 0.5) is 5.69 Å². The quantitative estimate of drug-likeness (QED) is 0.805. The van der Waals surface area contributed by atoms with Crippen LogP contribution in [0.2, 0.25) is 0 Å². The van der Waals surface area contributed by atoms with Crippen molar-refractivity contribution in [1.82, 2.24) is 5.32 Å². The fraction of sp³-hybridized carbons (Fsp3) is 0.611. The molecule has 0 aliphatic carbocycles. The van der Waals surface area contributed by atoms with Crippen LogP contribution in [0.15, 0.2) is 18.2 Å². The van der Waals surface area contributed by atoms with Gasteiger partial charge in [0.05, 0.1) is 0 Å². The lowest BCUT2D eigenvalue weighted by molar-refractivity contribution is -0.117.